The second kappa shape index (κ2) is 10.5. The molecule has 9 nitrogen and oxygen atoms in total. The van der Waals surface area contributed by atoms with E-state index in [-0.39, 0.29) is 23.2 Å². The highest BCUT2D eigenvalue weighted by atomic mass is 127. The van der Waals surface area contributed by atoms with Crippen LogP contribution in [0.25, 0.3) is 6.08 Å². The normalized spacial score (nSPS) is 14.1. The molecule has 1 saturated heterocycles. The predicted molar refractivity (Wildman–Crippen MR) is 135 cm³/mol. The van der Waals surface area contributed by atoms with Crippen LogP contribution in [0.4, 0.5) is 11.4 Å². The first-order valence-corrected chi connectivity index (χ1v) is 11.6. The fraction of sp³-hybridized carbons (Fsp3) is 0.167. The molecule has 3 aromatic rings. The molecule has 0 unspecified atom stereocenters. The van der Waals surface area contributed by atoms with E-state index in [9.17, 15) is 19.7 Å². The smallest absolute Gasteiger partial charge is 0.270 e. The number of halogens is 1. The number of carbonyl (C=O) groups is 2. The van der Waals surface area contributed by atoms with Crippen LogP contribution in [0.3, 0.4) is 0 Å². The minimum atomic E-state index is -0.433. The van der Waals surface area contributed by atoms with Gasteiger partial charge in [-0.25, -0.2) is 0 Å². The van der Waals surface area contributed by atoms with Crippen molar-refractivity contribution >= 4 is 51.9 Å². The molecule has 2 heterocycles. The third kappa shape index (κ3) is 5.63. The first kappa shape index (κ1) is 23.5. The molecule has 0 radical (unpaired) electrons. The number of non-ortho nitro benzene ring substituents is 1. The summed E-state index contributed by atoms with van der Waals surface area (Å²) in [6, 6.07) is 18.5. The molecule has 2 amide bonds. The van der Waals surface area contributed by atoms with Crippen molar-refractivity contribution in [2.24, 2.45) is 0 Å². The van der Waals surface area contributed by atoms with Gasteiger partial charge in [-0.05, 0) is 59.0 Å². The fourth-order valence-electron chi connectivity index (χ4n) is 3.61. The van der Waals surface area contributed by atoms with E-state index in [1.54, 1.807) is 53.4 Å². The summed E-state index contributed by atoms with van der Waals surface area (Å²) < 4.78 is 6.24. The largest absolute Gasteiger partial charge is 0.451 e. The number of hydrogen-bond donors (Lipinski definition) is 1. The van der Waals surface area contributed by atoms with Crippen LogP contribution in [0.1, 0.15) is 16.1 Å². The zero-order valence-corrected chi connectivity index (χ0v) is 20.2. The van der Waals surface area contributed by atoms with Gasteiger partial charge in [0.05, 0.1) is 4.92 Å². The average molecular weight is 572 g/mol. The molecule has 2 aromatic carbocycles. The molecule has 10 heteroatoms. The molecule has 1 aliphatic rings. The van der Waals surface area contributed by atoms with Crippen molar-refractivity contribution in [2.75, 3.05) is 31.1 Å². The number of rotatable bonds is 6. The van der Waals surface area contributed by atoms with Crippen LogP contribution in [-0.4, -0.2) is 47.8 Å². The topological polar surface area (TPSA) is 109 Å². The molecule has 4 rings (SSSR count). The molecular formula is C24H21IN4O5. The van der Waals surface area contributed by atoms with Crippen molar-refractivity contribution in [3.8, 4) is 0 Å². The van der Waals surface area contributed by atoms with Gasteiger partial charge in [-0.3, -0.25) is 19.7 Å². The summed E-state index contributed by atoms with van der Waals surface area (Å²) >= 11 is 2.03. The van der Waals surface area contributed by atoms with Gasteiger partial charge in [0.25, 0.3) is 17.5 Å². The van der Waals surface area contributed by atoms with Crippen LogP contribution in [0.5, 0.6) is 0 Å². The van der Waals surface area contributed by atoms with Gasteiger partial charge in [0.1, 0.15) is 11.5 Å². The lowest BCUT2D eigenvalue weighted by Gasteiger charge is -2.36. The maximum atomic E-state index is 13.3. The highest BCUT2D eigenvalue weighted by Crippen LogP contribution is 2.21. The summed E-state index contributed by atoms with van der Waals surface area (Å²) in [4.78, 5) is 40.3. The number of nitrogens with one attached hydrogen (secondary N) is 1. The second-order valence-electron chi connectivity index (χ2n) is 7.57. The molecule has 0 bridgehead atoms. The highest BCUT2D eigenvalue weighted by Gasteiger charge is 2.26. The number of carbonyl (C=O) groups excluding carboxylic acids is 2. The lowest BCUT2D eigenvalue weighted by atomic mass is 10.2. The number of furan rings is 1. The Morgan fingerprint density at radius 3 is 2.24 bits per heavy atom. The summed E-state index contributed by atoms with van der Waals surface area (Å²) in [5.41, 5.74) is 1.46. The van der Waals surface area contributed by atoms with E-state index in [0.717, 1.165) is 5.69 Å². The Bertz CT molecular complexity index is 1220. The molecule has 0 spiro atoms. The van der Waals surface area contributed by atoms with E-state index in [4.69, 9.17) is 4.42 Å². The van der Waals surface area contributed by atoms with Gasteiger partial charge >= 0.3 is 0 Å². The van der Waals surface area contributed by atoms with Crippen molar-refractivity contribution in [3.05, 3.63) is 97.6 Å². The Labute approximate surface area is 209 Å². The van der Waals surface area contributed by atoms with E-state index < -0.39 is 4.92 Å². The van der Waals surface area contributed by atoms with Crippen LogP contribution in [-0.2, 0) is 4.79 Å². The molecule has 0 saturated carbocycles. The summed E-state index contributed by atoms with van der Waals surface area (Å²) in [5.74, 6) is -0.226. The monoisotopic (exact) mass is 572 g/mol. The Hall–Kier alpha value is -3.67. The standard InChI is InChI=1S/C24H21IN4O5/c25-22-11-10-20(34-22)16-21(26-23(30)17-4-2-1-3-5-17)24(31)28-14-12-27(13-15-28)18-6-8-19(9-7-18)29(32)33/h1-11,16H,12-15H2,(H,26,30). The van der Waals surface area contributed by atoms with Gasteiger partial charge in [0.15, 0.2) is 3.77 Å². The minimum Gasteiger partial charge on any atom is -0.451 e. The first-order chi connectivity index (χ1) is 16.4. The zero-order chi connectivity index (χ0) is 24.1. The van der Waals surface area contributed by atoms with Crippen LogP contribution in [0, 0.1) is 13.9 Å². The van der Waals surface area contributed by atoms with Gasteiger partial charge < -0.3 is 19.5 Å². The molecule has 34 heavy (non-hydrogen) atoms. The SMILES string of the molecule is O=C(NC(=Cc1ccc(I)o1)C(=O)N1CCN(c2ccc([N+](=O)[O-])cc2)CC1)c1ccccc1. The molecule has 174 valence electrons. The lowest BCUT2D eigenvalue weighted by Crippen LogP contribution is -2.50. The van der Waals surface area contributed by atoms with Gasteiger partial charge in [0.2, 0.25) is 0 Å². The maximum Gasteiger partial charge on any atom is 0.270 e. The van der Waals surface area contributed by atoms with Crippen LogP contribution >= 0.6 is 22.6 Å². The molecule has 1 fully saturated rings. The Morgan fingerprint density at radius 1 is 0.971 bits per heavy atom. The number of nitrogens with zero attached hydrogens (tertiary/aromatic N) is 3. The summed E-state index contributed by atoms with van der Waals surface area (Å²) in [6.07, 6.45) is 1.54. The number of nitro groups is 1. The van der Waals surface area contributed by atoms with Crippen molar-refractivity contribution in [3.63, 3.8) is 0 Å². The fourth-order valence-corrected chi connectivity index (χ4v) is 4.04. The summed E-state index contributed by atoms with van der Waals surface area (Å²) in [6.45, 7) is 1.98. The highest BCUT2D eigenvalue weighted by molar-refractivity contribution is 14.1. The second-order valence-corrected chi connectivity index (χ2v) is 8.64. The summed E-state index contributed by atoms with van der Waals surface area (Å²) in [5, 5.41) is 13.6. The van der Waals surface area contributed by atoms with Gasteiger partial charge in [0, 0.05) is 55.6 Å². The Kier molecular flexibility index (Phi) is 7.26. The third-order valence-electron chi connectivity index (χ3n) is 5.39. The van der Waals surface area contributed by atoms with Crippen molar-refractivity contribution < 1.29 is 18.9 Å². The molecule has 1 aromatic heterocycles. The van der Waals surface area contributed by atoms with Crippen molar-refractivity contribution in [1.82, 2.24) is 10.2 Å². The van der Waals surface area contributed by atoms with E-state index in [0.29, 0.717) is 41.3 Å². The van der Waals surface area contributed by atoms with Crippen LogP contribution in [0.2, 0.25) is 0 Å². The number of nitro benzene ring substituents is 1. The Balaban J connectivity index is 1.47. The maximum absolute atomic E-state index is 13.3. The van der Waals surface area contributed by atoms with E-state index in [1.165, 1.54) is 18.2 Å². The average Bonchev–Trinajstić information content (AvgIpc) is 3.28. The molecule has 0 aliphatic carbocycles. The van der Waals surface area contributed by atoms with Gasteiger partial charge in [-0.15, -0.1) is 0 Å². The zero-order valence-electron chi connectivity index (χ0n) is 18.0. The number of hydrogen-bond acceptors (Lipinski definition) is 6. The molecule has 1 aliphatic heterocycles. The van der Waals surface area contributed by atoms with Crippen molar-refractivity contribution in [1.29, 1.82) is 0 Å². The summed E-state index contributed by atoms with van der Waals surface area (Å²) in [7, 11) is 0. The first-order valence-electron chi connectivity index (χ1n) is 10.5. The number of benzene rings is 2. The molecule has 0 atom stereocenters. The predicted octanol–water partition coefficient (Wildman–Crippen LogP) is 3.91. The third-order valence-corrected chi connectivity index (χ3v) is 5.97. The molecule has 1 N–H and O–H groups in total. The molecular weight excluding hydrogens is 551 g/mol. The van der Waals surface area contributed by atoms with E-state index in [1.807, 2.05) is 28.7 Å². The van der Waals surface area contributed by atoms with Gasteiger partial charge in [-0.2, -0.15) is 0 Å². The quantitative estimate of drug-likeness (QED) is 0.208. The minimum absolute atomic E-state index is 0.0362. The number of anilines is 1. The lowest BCUT2D eigenvalue weighted by molar-refractivity contribution is -0.384. The number of amides is 2. The Morgan fingerprint density at radius 2 is 1.65 bits per heavy atom. The number of piperazine rings is 1. The van der Waals surface area contributed by atoms with E-state index in [2.05, 4.69) is 10.2 Å². The van der Waals surface area contributed by atoms with Crippen LogP contribution in [0.15, 0.2) is 76.8 Å². The van der Waals surface area contributed by atoms with Gasteiger partial charge in [-0.1, -0.05) is 18.2 Å². The van der Waals surface area contributed by atoms with E-state index >= 15 is 0 Å². The van der Waals surface area contributed by atoms with Crippen LogP contribution < -0.4 is 10.2 Å². The van der Waals surface area contributed by atoms with Crippen molar-refractivity contribution in [2.45, 2.75) is 0 Å².